The van der Waals surface area contributed by atoms with Crippen LogP contribution in [-0.4, -0.2) is 14.5 Å². The molecular weight excluding hydrogens is 182 g/mol. The summed E-state index contributed by atoms with van der Waals surface area (Å²) < 4.78 is 3.94. The smallest absolute Gasteiger partial charge is 0.208 e. The van der Waals surface area contributed by atoms with E-state index in [1.54, 1.807) is 6.92 Å². The maximum absolute atomic E-state index is 5.03. The third-order valence-electron chi connectivity index (χ3n) is 0.879. The van der Waals surface area contributed by atoms with Gasteiger partial charge >= 0.3 is 0 Å². The van der Waals surface area contributed by atoms with Crippen LogP contribution < -0.4 is 16.6 Å². The minimum absolute atomic E-state index is 0.334. The number of hydrazine groups is 1. The number of thiocarbonyl (C=S) groups is 1. The SMILES string of the molecule is Cc1nsc(NC(=S)NN)n1. The van der Waals surface area contributed by atoms with Gasteiger partial charge in [-0.25, -0.2) is 10.8 Å². The minimum atomic E-state index is 0.334. The number of anilines is 1. The average Bonchev–Trinajstić information content (AvgIpc) is 2.35. The van der Waals surface area contributed by atoms with Crippen LogP contribution in [0.15, 0.2) is 0 Å². The van der Waals surface area contributed by atoms with Crippen LogP contribution >= 0.6 is 23.8 Å². The highest BCUT2D eigenvalue weighted by Crippen LogP contribution is 2.08. The topological polar surface area (TPSA) is 75.9 Å². The van der Waals surface area contributed by atoms with Gasteiger partial charge in [0.25, 0.3) is 0 Å². The summed E-state index contributed by atoms with van der Waals surface area (Å²) in [5.74, 6) is 5.75. The van der Waals surface area contributed by atoms with E-state index < -0.39 is 0 Å². The van der Waals surface area contributed by atoms with Gasteiger partial charge in [-0.05, 0) is 19.1 Å². The normalized spacial score (nSPS) is 9.27. The first-order chi connectivity index (χ1) is 5.22. The molecule has 0 bridgehead atoms. The number of aromatic nitrogens is 2. The summed E-state index contributed by atoms with van der Waals surface area (Å²) in [6, 6.07) is 0. The third kappa shape index (κ3) is 2.37. The molecule has 0 saturated carbocycles. The van der Waals surface area contributed by atoms with Crippen molar-refractivity contribution in [2.45, 2.75) is 6.92 Å². The van der Waals surface area contributed by atoms with Gasteiger partial charge in [-0.15, -0.1) is 0 Å². The summed E-state index contributed by atoms with van der Waals surface area (Å²) in [5, 5.41) is 3.73. The van der Waals surface area contributed by atoms with E-state index in [0.29, 0.717) is 10.2 Å². The molecule has 0 aliphatic carbocycles. The highest BCUT2D eigenvalue weighted by molar-refractivity contribution is 7.80. The van der Waals surface area contributed by atoms with Crippen LogP contribution in [0.2, 0.25) is 0 Å². The van der Waals surface area contributed by atoms with Crippen LogP contribution in [0.4, 0.5) is 5.13 Å². The molecule has 1 aromatic rings. The van der Waals surface area contributed by atoms with E-state index >= 15 is 0 Å². The van der Waals surface area contributed by atoms with Crippen LogP contribution in [0.5, 0.6) is 0 Å². The molecule has 0 radical (unpaired) electrons. The molecule has 0 aliphatic rings. The number of nitrogens with two attached hydrogens (primary N) is 1. The van der Waals surface area contributed by atoms with Crippen LogP contribution in [0.3, 0.4) is 0 Å². The van der Waals surface area contributed by atoms with Crippen molar-refractivity contribution in [2.24, 2.45) is 5.84 Å². The number of hydrogen-bond acceptors (Lipinski definition) is 5. The Bertz CT molecular complexity index is 257. The average molecular weight is 189 g/mol. The summed E-state index contributed by atoms with van der Waals surface area (Å²) in [6.45, 7) is 1.81. The molecule has 7 heteroatoms. The second-order valence-electron chi connectivity index (χ2n) is 1.75. The van der Waals surface area contributed by atoms with E-state index in [-0.39, 0.29) is 0 Å². The zero-order chi connectivity index (χ0) is 8.27. The first-order valence-corrected chi connectivity index (χ1v) is 3.98. The maximum Gasteiger partial charge on any atom is 0.208 e. The Hall–Kier alpha value is -0.790. The van der Waals surface area contributed by atoms with Crippen molar-refractivity contribution in [3.05, 3.63) is 5.82 Å². The lowest BCUT2D eigenvalue weighted by Crippen LogP contribution is -2.34. The molecule has 0 aliphatic heterocycles. The molecule has 11 heavy (non-hydrogen) atoms. The molecule has 0 amide bonds. The van der Waals surface area contributed by atoms with Gasteiger partial charge in [0.2, 0.25) is 5.13 Å². The van der Waals surface area contributed by atoms with E-state index in [4.69, 9.17) is 18.1 Å². The van der Waals surface area contributed by atoms with Crippen molar-refractivity contribution in [1.82, 2.24) is 14.8 Å². The molecule has 1 aromatic heterocycles. The first kappa shape index (κ1) is 8.31. The highest BCUT2D eigenvalue weighted by atomic mass is 32.1. The summed E-state index contributed by atoms with van der Waals surface area (Å²) in [5.41, 5.74) is 2.28. The molecular formula is C4H7N5S2. The first-order valence-electron chi connectivity index (χ1n) is 2.80. The second kappa shape index (κ2) is 3.56. The maximum atomic E-state index is 5.03. The van der Waals surface area contributed by atoms with Crippen molar-refractivity contribution in [1.29, 1.82) is 0 Å². The van der Waals surface area contributed by atoms with Gasteiger partial charge in [-0.3, -0.25) is 0 Å². The Morgan fingerprint density at radius 2 is 2.45 bits per heavy atom. The Labute approximate surface area is 73.2 Å². The lowest BCUT2D eigenvalue weighted by Gasteiger charge is -1.99. The molecule has 0 fully saturated rings. The van der Waals surface area contributed by atoms with E-state index in [9.17, 15) is 0 Å². The van der Waals surface area contributed by atoms with Gasteiger partial charge in [-0.2, -0.15) is 4.37 Å². The Balaban J connectivity index is 2.57. The fourth-order valence-electron chi connectivity index (χ4n) is 0.481. The molecule has 60 valence electrons. The minimum Gasteiger partial charge on any atom is -0.306 e. The molecule has 0 unspecified atom stereocenters. The molecule has 5 nitrogen and oxygen atoms in total. The van der Waals surface area contributed by atoms with Crippen molar-refractivity contribution < 1.29 is 0 Å². The fourth-order valence-corrected chi connectivity index (χ4v) is 1.22. The summed E-state index contributed by atoms with van der Waals surface area (Å²) in [4.78, 5) is 4.01. The Kier molecular flexibility index (Phi) is 2.69. The zero-order valence-corrected chi connectivity index (χ0v) is 7.42. The van der Waals surface area contributed by atoms with Gasteiger partial charge in [0.05, 0.1) is 0 Å². The van der Waals surface area contributed by atoms with Crippen molar-refractivity contribution in [3.8, 4) is 0 Å². The van der Waals surface area contributed by atoms with Crippen molar-refractivity contribution in [3.63, 3.8) is 0 Å². The number of rotatable bonds is 1. The molecule has 4 N–H and O–H groups in total. The quantitative estimate of drug-likeness (QED) is 0.328. The van der Waals surface area contributed by atoms with Gasteiger partial charge in [-0.1, -0.05) is 0 Å². The van der Waals surface area contributed by atoms with Gasteiger partial charge in [0.1, 0.15) is 5.82 Å². The number of aryl methyl sites for hydroxylation is 1. The number of nitrogens with zero attached hydrogens (tertiary/aromatic N) is 2. The zero-order valence-electron chi connectivity index (χ0n) is 5.79. The largest absolute Gasteiger partial charge is 0.306 e. The summed E-state index contributed by atoms with van der Waals surface area (Å²) in [7, 11) is 0. The van der Waals surface area contributed by atoms with Crippen molar-refractivity contribution >= 4 is 34.0 Å². The molecule has 0 saturated heterocycles. The van der Waals surface area contributed by atoms with E-state index in [2.05, 4.69) is 20.1 Å². The third-order valence-corrected chi connectivity index (χ3v) is 1.82. The molecule has 0 aromatic carbocycles. The molecule has 0 spiro atoms. The van der Waals surface area contributed by atoms with Crippen LogP contribution in [-0.2, 0) is 0 Å². The van der Waals surface area contributed by atoms with Gasteiger partial charge in [0, 0.05) is 11.5 Å². The fraction of sp³-hybridized carbons (Fsp3) is 0.250. The van der Waals surface area contributed by atoms with Gasteiger partial charge in [0.15, 0.2) is 5.11 Å². The van der Waals surface area contributed by atoms with E-state index in [0.717, 1.165) is 5.82 Å². The second-order valence-corrected chi connectivity index (χ2v) is 2.91. The molecule has 1 rings (SSSR count). The van der Waals surface area contributed by atoms with Crippen LogP contribution in [0, 0.1) is 6.92 Å². The van der Waals surface area contributed by atoms with E-state index in [1.165, 1.54) is 11.5 Å². The lowest BCUT2D eigenvalue weighted by molar-refractivity contribution is 1.04. The summed E-state index contributed by atoms with van der Waals surface area (Å²) >= 11 is 5.98. The monoisotopic (exact) mass is 189 g/mol. The lowest BCUT2D eigenvalue weighted by atomic mass is 10.7. The van der Waals surface area contributed by atoms with Gasteiger partial charge < -0.3 is 10.7 Å². The standard InChI is InChI=1S/C4H7N5S2/c1-2-6-4(11-9-2)7-3(10)8-5/h5H2,1H3,(H2,6,7,8,9,10). The summed E-state index contributed by atoms with van der Waals surface area (Å²) in [6.07, 6.45) is 0. The number of hydrogen-bond donors (Lipinski definition) is 3. The predicted octanol–water partition coefficient (Wildman–Crippen LogP) is 0.00662. The Morgan fingerprint density at radius 3 is 2.91 bits per heavy atom. The predicted molar refractivity (Wildman–Crippen MR) is 48.2 cm³/mol. The number of nitrogens with one attached hydrogen (secondary N) is 2. The molecule has 0 atom stereocenters. The Morgan fingerprint density at radius 1 is 1.73 bits per heavy atom. The highest BCUT2D eigenvalue weighted by Gasteiger charge is 1.99. The van der Waals surface area contributed by atoms with Crippen molar-refractivity contribution in [2.75, 3.05) is 5.32 Å². The molecule has 1 heterocycles. The van der Waals surface area contributed by atoms with Crippen LogP contribution in [0.25, 0.3) is 0 Å². The van der Waals surface area contributed by atoms with E-state index in [1.807, 2.05) is 0 Å². The van der Waals surface area contributed by atoms with Crippen LogP contribution in [0.1, 0.15) is 5.82 Å².